The number of aliphatic carboxylic acids is 1. The van der Waals surface area contributed by atoms with Crippen LogP contribution in [0.2, 0.25) is 0 Å². The van der Waals surface area contributed by atoms with Gasteiger partial charge in [0.25, 0.3) is 0 Å². The van der Waals surface area contributed by atoms with E-state index in [-0.39, 0.29) is 11.8 Å². The molecule has 0 fully saturated rings. The molecule has 0 spiro atoms. The zero-order chi connectivity index (χ0) is 14.5. The van der Waals surface area contributed by atoms with Crippen LogP contribution in [0.3, 0.4) is 0 Å². The van der Waals surface area contributed by atoms with Crippen molar-refractivity contribution >= 4 is 40.2 Å². The summed E-state index contributed by atoms with van der Waals surface area (Å²) >= 11 is 8.34. The van der Waals surface area contributed by atoms with Crippen LogP contribution in [0.15, 0.2) is 48.5 Å². The normalized spacial score (nSPS) is 12.1. The Balaban J connectivity index is 2.16. The molecule has 0 amide bonds. The average molecular weight is 401 g/mol. The number of hydrogen-bond acceptors (Lipinski definition) is 1. The number of hydrogen-bond donors (Lipinski definition) is 1. The van der Waals surface area contributed by atoms with Gasteiger partial charge in [0.15, 0.2) is 0 Å². The van der Waals surface area contributed by atoms with Gasteiger partial charge in [-0.3, -0.25) is 4.79 Å². The van der Waals surface area contributed by atoms with Crippen LogP contribution in [-0.4, -0.2) is 16.5 Å². The molecule has 0 aromatic heterocycles. The second kappa shape index (κ2) is 7.09. The molecule has 0 heterocycles. The standard InChI is InChI=1S/C16H14ClIO2/c17-13(10-16(19)20)8-11-6-7-14(15(18)9-11)12-4-2-1-3-5-12/h1-7,9,13H,8,10H2,(H,19,20). The largest absolute Gasteiger partial charge is 0.481 e. The Kier molecular flexibility index (Phi) is 5.43. The summed E-state index contributed by atoms with van der Waals surface area (Å²) in [6.07, 6.45) is 0.553. The minimum atomic E-state index is -0.861. The monoisotopic (exact) mass is 400 g/mol. The van der Waals surface area contributed by atoms with Crippen LogP contribution in [0, 0.1) is 3.57 Å². The summed E-state index contributed by atoms with van der Waals surface area (Å²) in [6, 6.07) is 16.3. The Morgan fingerprint density at radius 2 is 1.90 bits per heavy atom. The zero-order valence-electron chi connectivity index (χ0n) is 10.7. The average Bonchev–Trinajstić information content (AvgIpc) is 2.38. The fourth-order valence-electron chi connectivity index (χ4n) is 2.05. The second-order valence-electron chi connectivity index (χ2n) is 4.58. The molecule has 1 unspecified atom stereocenters. The third kappa shape index (κ3) is 4.21. The predicted molar refractivity (Wildman–Crippen MR) is 90.2 cm³/mol. The molecule has 0 bridgehead atoms. The molecule has 0 radical (unpaired) electrons. The molecule has 1 atom stereocenters. The van der Waals surface area contributed by atoms with Crippen molar-refractivity contribution in [3.63, 3.8) is 0 Å². The van der Waals surface area contributed by atoms with Crippen molar-refractivity contribution in [1.29, 1.82) is 0 Å². The van der Waals surface area contributed by atoms with Gasteiger partial charge in [0.2, 0.25) is 0 Å². The Bertz CT molecular complexity index is 599. The summed E-state index contributed by atoms with van der Waals surface area (Å²) in [5, 5.41) is 8.35. The molecular weight excluding hydrogens is 387 g/mol. The van der Waals surface area contributed by atoms with Crippen molar-refractivity contribution < 1.29 is 9.90 Å². The molecule has 20 heavy (non-hydrogen) atoms. The Hall–Kier alpha value is -1.07. The smallest absolute Gasteiger partial charge is 0.304 e. The molecule has 1 N–H and O–H groups in total. The minimum Gasteiger partial charge on any atom is -0.481 e. The van der Waals surface area contributed by atoms with E-state index < -0.39 is 5.97 Å². The Morgan fingerprint density at radius 1 is 1.20 bits per heavy atom. The van der Waals surface area contributed by atoms with Crippen LogP contribution in [0.4, 0.5) is 0 Å². The molecule has 0 aliphatic rings. The van der Waals surface area contributed by atoms with Crippen LogP contribution in [-0.2, 0) is 11.2 Å². The van der Waals surface area contributed by atoms with Gasteiger partial charge in [0.05, 0.1) is 6.42 Å². The van der Waals surface area contributed by atoms with Gasteiger partial charge in [-0.1, -0.05) is 42.5 Å². The first-order valence-corrected chi connectivity index (χ1v) is 7.77. The quantitative estimate of drug-likeness (QED) is 0.589. The summed E-state index contributed by atoms with van der Waals surface area (Å²) in [6.45, 7) is 0. The van der Waals surface area contributed by atoms with Crippen molar-refractivity contribution in [2.75, 3.05) is 0 Å². The minimum absolute atomic E-state index is 0.0153. The number of rotatable bonds is 5. The van der Waals surface area contributed by atoms with Crippen molar-refractivity contribution in [1.82, 2.24) is 0 Å². The van der Waals surface area contributed by atoms with Crippen LogP contribution in [0.25, 0.3) is 11.1 Å². The summed E-state index contributed by atoms with van der Waals surface area (Å²) in [5.74, 6) is -0.861. The first kappa shape index (κ1) is 15.3. The van der Waals surface area contributed by atoms with E-state index in [0.717, 1.165) is 9.13 Å². The van der Waals surface area contributed by atoms with Crippen molar-refractivity contribution in [3.8, 4) is 11.1 Å². The van der Waals surface area contributed by atoms with Gasteiger partial charge in [0.1, 0.15) is 0 Å². The van der Waals surface area contributed by atoms with Crippen LogP contribution in [0.5, 0.6) is 0 Å². The van der Waals surface area contributed by atoms with Gasteiger partial charge >= 0.3 is 5.97 Å². The molecule has 0 aliphatic heterocycles. The topological polar surface area (TPSA) is 37.3 Å². The summed E-state index contributed by atoms with van der Waals surface area (Å²) < 4.78 is 1.14. The van der Waals surface area contributed by atoms with Gasteiger partial charge in [-0.05, 0) is 51.8 Å². The van der Waals surface area contributed by atoms with E-state index >= 15 is 0 Å². The molecule has 104 valence electrons. The molecule has 2 nitrogen and oxygen atoms in total. The van der Waals surface area contributed by atoms with E-state index in [0.29, 0.717) is 6.42 Å². The van der Waals surface area contributed by atoms with Crippen molar-refractivity contribution in [2.24, 2.45) is 0 Å². The van der Waals surface area contributed by atoms with Gasteiger partial charge in [-0.25, -0.2) is 0 Å². The van der Waals surface area contributed by atoms with E-state index in [1.807, 2.05) is 24.3 Å². The van der Waals surface area contributed by atoms with E-state index in [2.05, 4.69) is 46.9 Å². The molecule has 0 saturated heterocycles. The van der Waals surface area contributed by atoms with Crippen LogP contribution >= 0.6 is 34.2 Å². The maximum Gasteiger partial charge on any atom is 0.304 e. The molecule has 4 heteroatoms. The maximum atomic E-state index is 10.6. The van der Waals surface area contributed by atoms with E-state index in [1.54, 1.807) is 0 Å². The van der Waals surface area contributed by atoms with E-state index in [9.17, 15) is 4.79 Å². The highest BCUT2D eigenvalue weighted by Crippen LogP contribution is 2.26. The fourth-order valence-corrected chi connectivity index (χ4v) is 3.26. The highest BCUT2D eigenvalue weighted by atomic mass is 127. The molecule has 0 saturated carbocycles. The van der Waals surface area contributed by atoms with Gasteiger partial charge < -0.3 is 5.11 Å². The lowest BCUT2D eigenvalue weighted by Gasteiger charge is -2.10. The number of alkyl halides is 1. The second-order valence-corrected chi connectivity index (χ2v) is 6.36. The lowest BCUT2D eigenvalue weighted by Crippen LogP contribution is -2.10. The highest BCUT2D eigenvalue weighted by Gasteiger charge is 2.12. The molecular formula is C16H14ClIO2. The predicted octanol–water partition coefficient (Wildman–Crippen LogP) is 4.58. The third-order valence-corrected chi connectivity index (χ3v) is 4.17. The van der Waals surface area contributed by atoms with E-state index in [1.165, 1.54) is 11.1 Å². The lowest BCUT2D eigenvalue weighted by molar-refractivity contribution is -0.137. The van der Waals surface area contributed by atoms with E-state index in [4.69, 9.17) is 16.7 Å². The van der Waals surface area contributed by atoms with Crippen molar-refractivity contribution in [2.45, 2.75) is 18.2 Å². The number of carboxylic acids is 1. The maximum absolute atomic E-state index is 10.6. The Morgan fingerprint density at radius 3 is 2.50 bits per heavy atom. The van der Waals surface area contributed by atoms with Gasteiger partial charge in [-0.2, -0.15) is 0 Å². The lowest BCUT2D eigenvalue weighted by atomic mass is 10.0. The highest BCUT2D eigenvalue weighted by molar-refractivity contribution is 14.1. The number of carbonyl (C=O) groups is 1. The number of carboxylic acid groups (broad SMARTS) is 1. The molecule has 2 aromatic rings. The van der Waals surface area contributed by atoms with Gasteiger partial charge in [-0.15, -0.1) is 11.6 Å². The van der Waals surface area contributed by atoms with Crippen molar-refractivity contribution in [3.05, 3.63) is 57.7 Å². The SMILES string of the molecule is O=C(O)CC(Cl)Cc1ccc(-c2ccccc2)c(I)c1. The van der Waals surface area contributed by atoms with Gasteiger partial charge in [0, 0.05) is 8.95 Å². The molecule has 2 aromatic carbocycles. The first-order valence-electron chi connectivity index (χ1n) is 6.26. The summed E-state index contributed by atoms with van der Waals surface area (Å²) in [5.41, 5.74) is 3.42. The summed E-state index contributed by atoms with van der Waals surface area (Å²) in [4.78, 5) is 10.6. The summed E-state index contributed by atoms with van der Waals surface area (Å²) in [7, 11) is 0. The molecule has 2 rings (SSSR count). The van der Waals surface area contributed by atoms with Crippen LogP contribution in [0.1, 0.15) is 12.0 Å². The number of benzene rings is 2. The van der Waals surface area contributed by atoms with Crippen LogP contribution < -0.4 is 0 Å². The fraction of sp³-hybridized carbons (Fsp3) is 0.188. The number of halogens is 2. The first-order chi connectivity index (χ1) is 9.56. The molecule has 0 aliphatic carbocycles. The zero-order valence-corrected chi connectivity index (χ0v) is 13.6. The Labute approximate surface area is 136 Å². The third-order valence-electron chi connectivity index (χ3n) is 2.97.